The molecule has 2 aromatic carbocycles. The molecule has 5 rings (SSSR count). The SMILES string of the molecule is CC(C)CCOc1cccc([C@@H]2c3c(oc4ccccc4c3=O)C(=O)N2[C@@H]2CCS(=O)(=O)C2)c1. The van der Waals surface area contributed by atoms with E-state index >= 15 is 0 Å². The fourth-order valence-electron chi connectivity index (χ4n) is 4.82. The molecule has 2 aliphatic rings. The third-order valence-corrected chi connectivity index (χ3v) is 8.30. The zero-order chi connectivity index (χ0) is 24.0. The minimum absolute atomic E-state index is 0.0101. The maximum absolute atomic E-state index is 13.6. The molecule has 0 spiro atoms. The van der Waals surface area contributed by atoms with Crippen molar-refractivity contribution in [1.29, 1.82) is 0 Å². The molecule has 7 nitrogen and oxygen atoms in total. The monoisotopic (exact) mass is 481 g/mol. The molecular weight excluding hydrogens is 454 g/mol. The third kappa shape index (κ3) is 4.00. The van der Waals surface area contributed by atoms with Gasteiger partial charge in [0.1, 0.15) is 11.3 Å². The van der Waals surface area contributed by atoms with Crippen LogP contribution in [0.1, 0.15) is 54.4 Å². The van der Waals surface area contributed by atoms with Gasteiger partial charge >= 0.3 is 0 Å². The van der Waals surface area contributed by atoms with E-state index in [0.717, 1.165) is 6.42 Å². The van der Waals surface area contributed by atoms with Gasteiger partial charge in [-0.05, 0) is 48.6 Å². The topological polar surface area (TPSA) is 93.9 Å². The van der Waals surface area contributed by atoms with Gasteiger partial charge in [0.25, 0.3) is 5.91 Å². The van der Waals surface area contributed by atoms with Gasteiger partial charge in [-0.25, -0.2) is 8.42 Å². The summed E-state index contributed by atoms with van der Waals surface area (Å²) in [4.78, 5) is 28.7. The Labute approximate surface area is 198 Å². The van der Waals surface area contributed by atoms with Crippen molar-refractivity contribution >= 4 is 26.7 Å². The Morgan fingerprint density at radius 3 is 2.65 bits per heavy atom. The second-order valence-corrected chi connectivity index (χ2v) is 11.7. The molecule has 1 fully saturated rings. The fraction of sp³-hybridized carbons (Fsp3) is 0.385. The van der Waals surface area contributed by atoms with Crippen molar-refractivity contribution in [3.05, 3.63) is 75.6 Å². The zero-order valence-electron chi connectivity index (χ0n) is 19.2. The molecule has 0 N–H and O–H groups in total. The van der Waals surface area contributed by atoms with E-state index in [2.05, 4.69) is 13.8 Å². The van der Waals surface area contributed by atoms with Crippen LogP contribution in [-0.4, -0.2) is 43.4 Å². The van der Waals surface area contributed by atoms with Crippen molar-refractivity contribution in [1.82, 2.24) is 4.90 Å². The number of para-hydroxylation sites is 1. The smallest absolute Gasteiger partial charge is 0.291 e. The first-order valence-electron chi connectivity index (χ1n) is 11.6. The maximum atomic E-state index is 13.6. The van der Waals surface area contributed by atoms with Crippen LogP contribution in [-0.2, 0) is 9.84 Å². The fourth-order valence-corrected chi connectivity index (χ4v) is 6.53. The summed E-state index contributed by atoms with van der Waals surface area (Å²) in [7, 11) is -3.25. The van der Waals surface area contributed by atoms with Crippen LogP contribution < -0.4 is 10.2 Å². The van der Waals surface area contributed by atoms with Gasteiger partial charge in [0, 0.05) is 6.04 Å². The minimum Gasteiger partial charge on any atom is -0.494 e. The molecule has 0 bridgehead atoms. The average Bonchev–Trinajstić information content (AvgIpc) is 3.30. The number of hydrogen-bond donors (Lipinski definition) is 0. The molecule has 0 radical (unpaired) electrons. The van der Waals surface area contributed by atoms with Gasteiger partial charge in [0.2, 0.25) is 5.76 Å². The van der Waals surface area contributed by atoms with Crippen molar-refractivity contribution in [2.75, 3.05) is 18.1 Å². The molecule has 0 unspecified atom stereocenters. The Hall–Kier alpha value is -3.13. The maximum Gasteiger partial charge on any atom is 0.291 e. The molecule has 3 heterocycles. The second-order valence-electron chi connectivity index (χ2n) is 9.45. The van der Waals surface area contributed by atoms with E-state index in [0.29, 0.717) is 41.2 Å². The van der Waals surface area contributed by atoms with Gasteiger partial charge < -0.3 is 14.1 Å². The van der Waals surface area contributed by atoms with Gasteiger partial charge in [-0.15, -0.1) is 0 Å². The summed E-state index contributed by atoms with van der Waals surface area (Å²) in [6, 6.07) is 12.9. The first-order valence-corrected chi connectivity index (χ1v) is 13.4. The van der Waals surface area contributed by atoms with Crippen LogP contribution in [0.4, 0.5) is 0 Å². The number of benzene rings is 2. The summed E-state index contributed by atoms with van der Waals surface area (Å²) in [5.41, 5.74) is 1.02. The largest absolute Gasteiger partial charge is 0.494 e. The lowest BCUT2D eigenvalue weighted by molar-refractivity contribution is 0.0662. The highest BCUT2D eigenvalue weighted by atomic mass is 32.2. The number of fused-ring (bicyclic) bond motifs is 2. The van der Waals surface area contributed by atoms with Crippen LogP contribution in [0.25, 0.3) is 11.0 Å². The molecule has 178 valence electrons. The highest BCUT2D eigenvalue weighted by Crippen LogP contribution is 2.42. The van der Waals surface area contributed by atoms with Crippen LogP contribution in [0.15, 0.2) is 57.7 Å². The van der Waals surface area contributed by atoms with Crippen molar-refractivity contribution in [2.45, 2.75) is 38.8 Å². The zero-order valence-corrected chi connectivity index (χ0v) is 20.0. The lowest BCUT2D eigenvalue weighted by Gasteiger charge is -2.30. The number of sulfone groups is 1. The Balaban J connectivity index is 1.63. The lowest BCUT2D eigenvalue weighted by atomic mass is 9.97. The Bertz CT molecular complexity index is 1420. The molecule has 1 amide bonds. The lowest BCUT2D eigenvalue weighted by Crippen LogP contribution is -2.40. The number of amides is 1. The summed E-state index contributed by atoms with van der Waals surface area (Å²) in [6.07, 6.45) is 1.23. The second kappa shape index (κ2) is 8.58. The minimum atomic E-state index is -3.25. The summed E-state index contributed by atoms with van der Waals surface area (Å²) in [6.45, 7) is 4.80. The molecule has 3 aromatic rings. The molecular formula is C26H27NO6S. The van der Waals surface area contributed by atoms with E-state index in [1.54, 1.807) is 24.3 Å². The molecule has 1 aromatic heterocycles. The molecule has 0 saturated carbocycles. The third-order valence-electron chi connectivity index (χ3n) is 6.55. The molecule has 8 heteroatoms. The predicted molar refractivity (Wildman–Crippen MR) is 129 cm³/mol. The van der Waals surface area contributed by atoms with E-state index < -0.39 is 27.8 Å². The van der Waals surface area contributed by atoms with Crippen LogP contribution in [0.2, 0.25) is 0 Å². The number of carbonyl (C=O) groups excluding carboxylic acids is 1. The van der Waals surface area contributed by atoms with Crippen molar-refractivity contribution in [3.8, 4) is 5.75 Å². The highest BCUT2D eigenvalue weighted by molar-refractivity contribution is 7.91. The van der Waals surface area contributed by atoms with Crippen LogP contribution in [0.3, 0.4) is 0 Å². The number of carbonyl (C=O) groups is 1. The Morgan fingerprint density at radius 1 is 1.12 bits per heavy atom. The number of hydrogen-bond acceptors (Lipinski definition) is 6. The first-order chi connectivity index (χ1) is 16.2. The predicted octanol–water partition coefficient (Wildman–Crippen LogP) is 3.95. The summed E-state index contributed by atoms with van der Waals surface area (Å²) in [5, 5.41) is 0.393. The standard InChI is InChI=1S/C26H27NO6S/c1-16(2)10-12-32-19-7-5-6-17(14-19)23-22-24(28)20-8-3-4-9-21(20)33-25(22)26(29)27(23)18-11-13-34(30,31)15-18/h3-9,14,16,18,23H,10-13,15H2,1-2H3/t18-,23-/m1/s1. The van der Waals surface area contributed by atoms with Gasteiger partial charge in [-0.3, -0.25) is 9.59 Å². The number of ether oxygens (including phenoxy) is 1. The highest BCUT2D eigenvalue weighted by Gasteiger charge is 2.48. The summed E-state index contributed by atoms with van der Waals surface area (Å²) >= 11 is 0. The van der Waals surface area contributed by atoms with E-state index in [4.69, 9.17) is 9.15 Å². The summed E-state index contributed by atoms with van der Waals surface area (Å²) < 4.78 is 36.4. The van der Waals surface area contributed by atoms with Crippen LogP contribution in [0.5, 0.6) is 5.75 Å². The first kappa shape index (κ1) is 22.7. The van der Waals surface area contributed by atoms with Gasteiger partial charge in [0.05, 0.1) is 35.1 Å². The Morgan fingerprint density at radius 2 is 1.91 bits per heavy atom. The van der Waals surface area contributed by atoms with Crippen molar-refractivity contribution in [3.63, 3.8) is 0 Å². The molecule has 0 aliphatic carbocycles. The van der Waals surface area contributed by atoms with E-state index in [9.17, 15) is 18.0 Å². The average molecular weight is 482 g/mol. The van der Waals surface area contributed by atoms with E-state index in [-0.39, 0.29) is 28.3 Å². The summed E-state index contributed by atoms with van der Waals surface area (Å²) in [5.74, 6) is 0.581. The molecule has 1 saturated heterocycles. The van der Waals surface area contributed by atoms with Gasteiger partial charge in [-0.2, -0.15) is 0 Å². The normalized spacial score (nSPS) is 21.4. The number of rotatable bonds is 6. The Kier molecular flexibility index (Phi) is 5.72. The van der Waals surface area contributed by atoms with E-state index in [1.165, 1.54) is 4.90 Å². The molecule has 2 aliphatic heterocycles. The van der Waals surface area contributed by atoms with Crippen LogP contribution in [0, 0.1) is 5.92 Å². The van der Waals surface area contributed by atoms with Crippen molar-refractivity contribution < 1.29 is 22.4 Å². The van der Waals surface area contributed by atoms with Gasteiger partial charge in [-0.1, -0.05) is 38.1 Å². The van der Waals surface area contributed by atoms with Crippen LogP contribution >= 0.6 is 0 Å². The van der Waals surface area contributed by atoms with E-state index in [1.807, 2.05) is 24.3 Å². The number of nitrogens with zero attached hydrogens (tertiary/aromatic N) is 1. The van der Waals surface area contributed by atoms with Crippen molar-refractivity contribution in [2.24, 2.45) is 5.92 Å². The quantitative estimate of drug-likeness (QED) is 0.529. The molecule has 34 heavy (non-hydrogen) atoms. The molecule has 2 atom stereocenters. The van der Waals surface area contributed by atoms with Gasteiger partial charge in [0.15, 0.2) is 15.3 Å².